The van der Waals surface area contributed by atoms with Gasteiger partial charge in [0.05, 0.1) is 21.3 Å². The second kappa shape index (κ2) is 10.3. The predicted octanol–water partition coefficient (Wildman–Crippen LogP) is 2.55. The summed E-state index contributed by atoms with van der Waals surface area (Å²) in [7, 11) is 5.49. The Morgan fingerprint density at radius 1 is 1.00 bits per heavy atom. The molecule has 0 saturated heterocycles. The summed E-state index contributed by atoms with van der Waals surface area (Å²) in [6.07, 6.45) is -2.15. The first-order valence-corrected chi connectivity index (χ1v) is 8.84. The van der Waals surface area contributed by atoms with Crippen LogP contribution in [0.15, 0.2) is 48.5 Å². The molecule has 0 unspecified atom stereocenters. The van der Waals surface area contributed by atoms with Crippen molar-refractivity contribution in [3.8, 4) is 11.5 Å². The molecule has 0 aliphatic rings. The number of aliphatic hydroxyl groups excluding tert-OH is 1. The molecule has 0 heterocycles. The molecule has 2 aromatic rings. The quantitative estimate of drug-likeness (QED) is 0.677. The number of aliphatic hydroxyl groups is 1. The average Bonchev–Trinajstić information content (AvgIpc) is 2.77. The van der Waals surface area contributed by atoms with E-state index in [4.69, 9.17) is 18.9 Å². The molecule has 0 spiro atoms. The normalized spacial score (nSPS) is 12.4. The van der Waals surface area contributed by atoms with E-state index >= 15 is 0 Å². The third-order valence-electron chi connectivity index (χ3n) is 4.40. The molecular weight excluding hydrogens is 378 g/mol. The second-order valence-electron chi connectivity index (χ2n) is 6.18. The van der Waals surface area contributed by atoms with Crippen LogP contribution in [0.2, 0.25) is 0 Å². The molecule has 8 nitrogen and oxygen atoms in total. The fourth-order valence-electron chi connectivity index (χ4n) is 2.77. The number of ether oxygens (including phenoxy) is 4. The van der Waals surface area contributed by atoms with Crippen LogP contribution in [0.5, 0.6) is 11.5 Å². The van der Waals surface area contributed by atoms with Crippen LogP contribution < -0.4 is 9.47 Å². The zero-order valence-corrected chi connectivity index (χ0v) is 16.8. The van der Waals surface area contributed by atoms with Gasteiger partial charge in [-0.3, -0.25) is 4.90 Å². The summed E-state index contributed by atoms with van der Waals surface area (Å²) in [5.74, 6) is 0.0575. The number of hydrogen-bond donors (Lipinski definition) is 1. The van der Waals surface area contributed by atoms with Crippen molar-refractivity contribution >= 4 is 12.1 Å². The van der Waals surface area contributed by atoms with Crippen molar-refractivity contribution < 1.29 is 33.6 Å². The topological polar surface area (TPSA) is 94.5 Å². The average molecular weight is 403 g/mol. The zero-order chi connectivity index (χ0) is 21.4. The monoisotopic (exact) mass is 403 g/mol. The summed E-state index contributed by atoms with van der Waals surface area (Å²) >= 11 is 0. The molecule has 29 heavy (non-hydrogen) atoms. The highest BCUT2D eigenvalue weighted by molar-refractivity contribution is 5.82. The lowest BCUT2D eigenvalue weighted by molar-refractivity contribution is -0.150. The second-order valence-corrected chi connectivity index (χ2v) is 6.18. The highest BCUT2D eigenvalue weighted by atomic mass is 16.6. The number of likely N-dealkylation sites (N-methyl/N-ethyl adjacent to an activating group) is 1. The predicted molar refractivity (Wildman–Crippen MR) is 105 cm³/mol. The van der Waals surface area contributed by atoms with Gasteiger partial charge in [-0.2, -0.15) is 0 Å². The van der Waals surface area contributed by atoms with Crippen LogP contribution in [0.4, 0.5) is 4.79 Å². The Bertz CT molecular complexity index is 825. The van der Waals surface area contributed by atoms with Crippen LogP contribution >= 0.6 is 0 Å². The maximum absolute atomic E-state index is 12.5. The molecule has 0 saturated carbocycles. The van der Waals surface area contributed by atoms with Crippen molar-refractivity contribution in [1.29, 1.82) is 0 Å². The summed E-state index contributed by atoms with van der Waals surface area (Å²) in [6.45, 7) is 0.0321. The fourth-order valence-corrected chi connectivity index (χ4v) is 2.77. The van der Waals surface area contributed by atoms with Crippen molar-refractivity contribution in [2.24, 2.45) is 0 Å². The molecule has 0 bridgehead atoms. The summed E-state index contributed by atoms with van der Waals surface area (Å²) in [6, 6.07) is 12.5. The van der Waals surface area contributed by atoms with Gasteiger partial charge < -0.3 is 24.1 Å². The van der Waals surface area contributed by atoms with E-state index in [0.717, 1.165) is 10.5 Å². The number of nitrogens with zero attached hydrogens (tertiary/aromatic N) is 1. The van der Waals surface area contributed by atoms with E-state index in [1.807, 2.05) is 30.3 Å². The minimum absolute atomic E-state index is 0.0321. The molecular formula is C21H25NO7. The van der Waals surface area contributed by atoms with Crippen LogP contribution in [0.3, 0.4) is 0 Å². The molecule has 0 radical (unpaired) electrons. The molecule has 1 amide bonds. The number of carbonyl (C=O) groups excluding carboxylic acids is 2. The number of rotatable bonds is 8. The number of carbonyl (C=O) groups is 2. The maximum Gasteiger partial charge on any atom is 0.410 e. The fraction of sp³-hybridized carbons (Fsp3) is 0.333. The van der Waals surface area contributed by atoms with Crippen molar-refractivity contribution in [2.75, 3.05) is 28.4 Å². The molecule has 0 fully saturated rings. The van der Waals surface area contributed by atoms with Gasteiger partial charge in [-0.1, -0.05) is 36.4 Å². The van der Waals surface area contributed by atoms with Crippen LogP contribution in [-0.2, 0) is 20.9 Å². The van der Waals surface area contributed by atoms with Gasteiger partial charge in [0, 0.05) is 7.05 Å². The molecule has 0 aliphatic carbocycles. The van der Waals surface area contributed by atoms with Gasteiger partial charge in [-0.05, 0) is 23.3 Å². The van der Waals surface area contributed by atoms with Crippen LogP contribution in [-0.4, -0.2) is 56.5 Å². The zero-order valence-electron chi connectivity index (χ0n) is 16.8. The molecule has 0 aliphatic heterocycles. The van der Waals surface area contributed by atoms with Gasteiger partial charge in [0.25, 0.3) is 0 Å². The maximum atomic E-state index is 12.5. The van der Waals surface area contributed by atoms with Crippen LogP contribution in [0.1, 0.15) is 17.2 Å². The SMILES string of the molecule is COC(=O)[C@@H]([C@H](O)c1ccc(OC)c(OC)c1)N(C)C(=O)OCc1ccccc1. The number of methoxy groups -OCH3 is 3. The van der Waals surface area contributed by atoms with E-state index in [-0.39, 0.29) is 6.61 Å². The minimum atomic E-state index is -1.38. The van der Waals surface area contributed by atoms with Crippen LogP contribution in [0.25, 0.3) is 0 Å². The Balaban J connectivity index is 2.21. The standard InChI is InChI=1S/C21H25NO7/c1-22(21(25)29-13-14-8-6-5-7-9-14)18(20(24)28-4)19(23)15-10-11-16(26-2)17(12-15)27-3/h5-12,18-19,23H,13H2,1-4H3/t18-,19-/m1/s1. The summed E-state index contributed by atoms with van der Waals surface area (Å²) in [5.41, 5.74) is 1.14. The van der Waals surface area contributed by atoms with E-state index in [0.29, 0.717) is 17.1 Å². The third kappa shape index (κ3) is 5.39. The van der Waals surface area contributed by atoms with Crippen molar-refractivity contribution in [1.82, 2.24) is 4.90 Å². The molecule has 2 aromatic carbocycles. The van der Waals surface area contributed by atoms with Gasteiger partial charge in [-0.15, -0.1) is 0 Å². The first-order valence-electron chi connectivity index (χ1n) is 8.84. The van der Waals surface area contributed by atoms with Crippen molar-refractivity contribution in [3.63, 3.8) is 0 Å². The Labute approximate surface area is 169 Å². The summed E-state index contributed by atoms with van der Waals surface area (Å²) < 4.78 is 20.5. The Hall–Kier alpha value is -3.26. The third-order valence-corrected chi connectivity index (χ3v) is 4.40. The van der Waals surface area contributed by atoms with E-state index in [2.05, 4.69) is 0 Å². The highest BCUT2D eigenvalue weighted by Crippen LogP contribution is 2.32. The van der Waals surface area contributed by atoms with E-state index in [1.165, 1.54) is 34.4 Å². The van der Waals surface area contributed by atoms with Gasteiger partial charge in [0.1, 0.15) is 12.7 Å². The first-order chi connectivity index (χ1) is 13.9. The van der Waals surface area contributed by atoms with Crippen molar-refractivity contribution in [2.45, 2.75) is 18.8 Å². The molecule has 2 rings (SSSR count). The Morgan fingerprint density at radius 3 is 2.24 bits per heavy atom. The largest absolute Gasteiger partial charge is 0.493 e. The van der Waals surface area contributed by atoms with Gasteiger partial charge in [0.15, 0.2) is 17.5 Å². The summed E-state index contributed by atoms with van der Waals surface area (Å²) in [4.78, 5) is 25.8. The molecule has 8 heteroatoms. The van der Waals surface area contributed by atoms with E-state index in [9.17, 15) is 14.7 Å². The lowest BCUT2D eigenvalue weighted by atomic mass is 10.0. The van der Waals surface area contributed by atoms with E-state index < -0.39 is 24.2 Å². The number of hydrogen-bond acceptors (Lipinski definition) is 7. The summed E-state index contributed by atoms with van der Waals surface area (Å²) in [5, 5.41) is 10.8. The molecule has 156 valence electrons. The minimum Gasteiger partial charge on any atom is -0.493 e. The lowest BCUT2D eigenvalue weighted by Gasteiger charge is -2.29. The Kier molecular flexibility index (Phi) is 7.85. The smallest absolute Gasteiger partial charge is 0.410 e. The molecule has 2 atom stereocenters. The van der Waals surface area contributed by atoms with Gasteiger partial charge in [0.2, 0.25) is 0 Å². The van der Waals surface area contributed by atoms with Gasteiger partial charge in [-0.25, -0.2) is 9.59 Å². The molecule has 0 aromatic heterocycles. The van der Waals surface area contributed by atoms with Gasteiger partial charge >= 0.3 is 12.1 Å². The van der Waals surface area contributed by atoms with Crippen LogP contribution in [0, 0.1) is 0 Å². The van der Waals surface area contributed by atoms with E-state index in [1.54, 1.807) is 12.1 Å². The highest BCUT2D eigenvalue weighted by Gasteiger charge is 2.36. The first kappa shape index (κ1) is 22.0. The number of benzene rings is 2. The Morgan fingerprint density at radius 2 is 1.66 bits per heavy atom. The number of amides is 1. The van der Waals surface area contributed by atoms with Crippen molar-refractivity contribution in [3.05, 3.63) is 59.7 Å². The molecule has 1 N–H and O–H groups in total. The lowest BCUT2D eigenvalue weighted by Crippen LogP contribution is -2.47. The number of esters is 1.